The van der Waals surface area contributed by atoms with Gasteiger partial charge in [0, 0.05) is 30.3 Å². The zero-order chi connectivity index (χ0) is 12.4. The predicted octanol–water partition coefficient (Wildman–Crippen LogP) is 2.20. The van der Waals surface area contributed by atoms with Crippen LogP contribution in [0.15, 0.2) is 29.6 Å². The lowest BCUT2D eigenvalue weighted by Crippen LogP contribution is -2.48. The molecule has 1 aliphatic heterocycles. The van der Waals surface area contributed by atoms with Crippen molar-refractivity contribution < 1.29 is 4.79 Å². The molecule has 3 nitrogen and oxygen atoms in total. The van der Waals surface area contributed by atoms with Crippen LogP contribution in [-0.4, -0.2) is 25.5 Å². The lowest BCUT2D eigenvalue weighted by Gasteiger charge is -2.27. The Morgan fingerprint density at radius 3 is 2.89 bits per heavy atom. The number of nitrogens with one attached hydrogen (secondary N) is 2. The first-order chi connectivity index (χ1) is 8.83. The Balaban J connectivity index is 0.00000133. The summed E-state index contributed by atoms with van der Waals surface area (Å²) < 4.78 is 1.25. The third kappa shape index (κ3) is 3.26. The van der Waals surface area contributed by atoms with E-state index in [-0.39, 0.29) is 18.3 Å². The Morgan fingerprint density at radius 1 is 1.37 bits per heavy atom. The molecule has 1 aromatic heterocycles. The number of benzene rings is 1. The van der Waals surface area contributed by atoms with Crippen molar-refractivity contribution in [1.82, 2.24) is 10.6 Å². The number of amides is 1. The highest BCUT2D eigenvalue weighted by atomic mass is 35.5. The lowest BCUT2D eigenvalue weighted by molar-refractivity contribution is -0.120. The van der Waals surface area contributed by atoms with Crippen molar-refractivity contribution in [2.45, 2.75) is 6.42 Å². The van der Waals surface area contributed by atoms with Gasteiger partial charge in [-0.3, -0.25) is 4.79 Å². The first kappa shape index (κ1) is 14.3. The molecular weight excluding hydrogens is 280 g/mol. The Labute approximate surface area is 122 Å². The number of thiophene rings is 1. The van der Waals surface area contributed by atoms with Crippen molar-refractivity contribution >= 4 is 39.7 Å². The Kier molecular flexibility index (Phi) is 4.80. The highest BCUT2D eigenvalue weighted by Crippen LogP contribution is 2.25. The van der Waals surface area contributed by atoms with Gasteiger partial charge in [0.2, 0.25) is 5.91 Å². The van der Waals surface area contributed by atoms with Gasteiger partial charge in [0.15, 0.2) is 0 Å². The van der Waals surface area contributed by atoms with Gasteiger partial charge in [0.1, 0.15) is 0 Å². The molecule has 0 aliphatic carbocycles. The molecule has 102 valence electrons. The fourth-order valence-electron chi connectivity index (χ4n) is 2.16. The van der Waals surface area contributed by atoms with Crippen LogP contribution >= 0.6 is 23.7 Å². The number of carbonyl (C=O) groups is 1. The van der Waals surface area contributed by atoms with Gasteiger partial charge in [0.25, 0.3) is 0 Å². The van der Waals surface area contributed by atoms with E-state index in [1.54, 1.807) is 11.3 Å². The fourth-order valence-corrected chi connectivity index (χ4v) is 3.12. The molecule has 0 unspecified atom stereocenters. The second-order valence-corrected chi connectivity index (χ2v) is 5.67. The molecule has 2 heterocycles. The molecule has 5 heteroatoms. The van der Waals surface area contributed by atoms with E-state index in [2.05, 4.69) is 28.1 Å². The van der Waals surface area contributed by atoms with Crippen LogP contribution in [0.1, 0.15) is 5.56 Å². The van der Waals surface area contributed by atoms with Gasteiger partial charge < -0.3 is 10.6 Å². The summed E-state index contributed by atoms with van der Waals surface area (Å²) in [5, 5.41) is 9.52. The standard InChI is InChI=1S/C14H16N2OS.ClH/c17-14(16-8-10-6-15-7-10)5-11-9-18-13-4-2-1-3-12(11)13;/h1-4,9-10,15H,5-8H2,(H,16,17);1H. The molecular formula is C14H17ClN2OS. The summed E-state index contributed by atoms with van der Waals surface area (Å²) in [6.07, 6.45) is 0.490. The smallest absolute Gasteiger partial charge is 0.224 e. The van der Waals surface area contributed by atoms with Gasteiger partial charge in [0.05, 0.1) is 6.42 Å². The summed E-state index contributed by atoms with van der Waals surface area (Å²) in [7, 11) is 0. The van der Waals surface area contributed by atoms with Crippen molar-refractivity contribution in [3.05, 3.63) is 35.2 Å². The van der Waals surface area contributed by atoms with Crippen LogP contribution in [0.5, 0.6) is 0 Å². The summed E-state index contributed by atoms with van der Waals surface area (Å²) in [5.74, 6) is 0.749. The van der Waals surface area contributed by atoms with E-state index < -0.39 is 0 Å². The molecule has 0 bridgehead atoms. The van der Waals surface area contributed by atoms with Crippen LogP contribution in [0.4, 0.5) is 0 Å². The number of hydrogen-bond donors (Lipinski definition) is 2. The summed E-state index contributed by atoms with van der Waals surface area (Å²) in [6.45, 7) is 2.86. The molecule has 3 rings (SSSR count). The fraction of sp³-hybridized carbons (Fsp3) is 0.357. The molecule has 0 radical (unpaired) electrons. The quantitative estimate of drug-likeness (QED) is 0.908. The molecule has 2 aromatic rings. The van der Waals surface area contributed by atoms with E-state index in [0.29, 0.717) is 12.3 Å². The van der Waals surface area contributed by atoms with Crippen molar-refractivity contribution in [1.29, 1.82) is 0 Å². The second kappa shape index (κ2) is 6.37. The van der Waals surface area contributed by atoms with Crippen molar-refractivity contribution in [3.8, 4) is 0 Å². The van der Waals surface area contributed by atoms with E-state index in [0.717, 1.165) is 25.2 Å². The number of halogens is 1. The topological polar surface area (TPSA) is 41.1 Å². The molecule has 1 aliphatic rings. The van der Waals surface area contributed by atoms with Crippen LogP contribution in [0.3, 0.4) is 0 Å². The van der Waals surface area contributed by atoms with E-state index in [1.165, 1.54) is 10.1 Å². The first-order valence-electron chi connectivity index (χ1n) is 6.25. The molecule has 1 fully saturated rings. The number of fused-ring (bicyclic) bond motifs is 1. The third-order valence-corrected chi connectivity index (χ3v) is 4.38. The number of hydrogen-bond acceptors (Lipinski definition) is 3. The predicted molar refractivity (Wildman–Crippen MR) is 82.1 cm³/mol. The second-order valence-electron chi connectivity index (χ2n) is 4.76. The maximum absolute atomic E-state index is 11.9. The SMILES string of the molecule is Cl.O=C(Cc1csc2ccccc12)NCC1CNC1. The summed E-state index contributed by atoms with van der Waals surface area (Å²) in [4.78, 5) is 11.9. The van der Waals surface area contributed by atoms with Crippen LogP contribution in [0.25, 0.3) is 10.1 Å². The average molecular weight is 297 g/mol. The minimum atomic E-state index is 0. The molecule has 0 spiro atoms. The van der Waals surface area contributed by atoms with Crippen LogP contribution in [0, 0.1) is 5.92 Å². The normalized spacial score (nSPS) is 14.7. The molecule has 0 saturated carbocycles. The Hall–Kier alpha value is -1.10. The molecule has 2 N–H and O–H groups in total. The zero-order valence-corrected chi connectivity index (χ0v) is 12.2. The minimum absolute atomic E-state index is 0. The Bertz CT molecular complexity index is 565. The van der Waals surface area contributed by atoms with E-state index in [4.69, 9.17) is 0 Å². The van der Waals surface area contributed by atoms with Crippen LogP contribution in [0.2, 0.25) is 0 Å². The average Bonchev–Trinajstić information content (AvgIpc) is 2.71. The largest absolute Gasteiger partial charge is 0.355 e. The lowest BCUT2D eigenvalue weighted by atomic mass is 10.0. The zero-order valence-electron chi connectivity index (χ0n) is 10.5. The summed E-state index contributed by atoms with van der Waals surface area (Å²) >= 11 is 1.71. The molecule has 1 aromatic carbocycles. The van der Waals surface area contributed by atoms with Gasteiger partial charge in [-0.05, 0) is 22.4 Å². The minimum Gasteiger partial charge on any atom is -0.355 e. The monoisotopic (exact) mass is 296 g/mol. The van der Waals surface area contributed by atoms with Crippen molar-refractivity contribution in [3.63, 3.8) is 0 Å². The third-order valence-electron chi connectivity index (χ3n) is 3.37. The molecule has 0 atom stereocenters. The number of rotatable bonds is 4. The molecule has 1 saturated heterocycles. The van der Waals surface area contributed by atoms with Gasteiger partial charge in [-0.1, -0.05) is 18.2 Å². The van der Waals surface area contributed by atoms with Crippen LogP contribution < -0.4 is 10.6 Å². The van der Waals surface area contributed by atoms with Crippen LogP contribution in [-0.2, 0) is 11.2 Å². The van der Waals surface area contributed by atoms with E-state index in [9.17, 15) is 4.79 Å². The number of carbonyl (C=O) groups excluding carboxylic acids is 1. The van der Waals surface area contributed by atoms with E-state index >= 15 is 0 Å². The molecule has 1 amide bonds. The van der Waals surface area contributed by atoms with Gasteiger partial charge >= 0.3 is 0 Å². The van der Waals surface area contributed by atoms with Crippen molar-refractivity contribution in [2.24, 2.45) is 5.92 Å². The maximum atomic E-state index is 11.9. The summed E-state index contributed by atoms with van der Waals surface area (Å²) in [5.41, 5.74) is 1.14. The first-order valence-corrected chi connectivity index (χ1v) is 7.13. The van der Waals surface area contributed by atoms with Crippen molar-refractivity contribution in [2.75, 3.05) is 19.6 Å². The maximum Gasteiger partial charge on any atom is 0.224 e. The van der Waals surface area contributed by atoms with Gasteiger partial charge in [-0.2, -0.15) is 0 Å². The van der Waals surface area contributed by atoms with Gasteiger partial charge in [-0.25, -0.2) is 0 Å². The van der Waals surface area contributed by atoms with E-state index in [1.807, 2.05) is 12.1 Å². The highest BCUT2D eigenvalue weighted by Gasteiger charge is 2.17. The van der Waals surface area contributed by atoms with Gasteiger partial charge in [-0.15, -0.1) is 23.7 Å². The Morgan fingerprint density at radius 2 is 2.16 bits per heavy atom. The summed E-state index contributed by atoms with van der Waals surface area (Å²) in [6, 6.07) is 8.24. The highest BCUT2D eigenvalue weighted by molar-refractivity contribution is 7.17. The molecule has 19 heavy (non-hydrogen) atoms.